The third-order valence-electron chi connectivity index (χ3n) is 4.29. The van der Waals surface area contributed by atoms with Crippen LogP contribution in [0, 0.1) is 13.8 Å². The fraction of sp³-hybridized carbons (Fsp3) is 0.733. The largest absolute Gasteiger partial charge is 0.401 e. The SMILES string of the molecule is Cc1n[nH]c(C)c1C(C)CC(=O)N1CCN(CC(F)(F)F)CC1. The number of amides is 1. The van der Waals surface area contributed by atoms with E-state index < -0.39 is 12.7 Å². The lowest BCUT2D eigenvalue weighted by Crippen LogP contribution is -2.51. The molecule has 0 aromatic carbocycles. The monoisotopic (exact) mass is 332 g/mol. The molecule has 0 aliphatic carbocycles. The maximum Gasteiger partial charge on any atom is 0.401 e. The molecule has 130 valence electrons. The van der Waals surface area contributed by atoms with Crippen molar-refractivity contribution in [2.75, 3.05) is 32.7 Å². The highest BCUT2D eigenvalue weighted by Gasteiger charge is 2.33. The van der Waals surface area contributed by atoms with Gasteiger partial charge in [-0.1, -0.05) is 6.92 Å². The van der Waals surface area contributed by atoms with Crippen molar-refractivity contribution in [3.05, 3.63) is 17.0 Å². The number of hydrogen-bond donors (Lipinski definition) is 1. The van der Waals surface area contributed by atoms with Gasteiger partial charge in [-0.25, -0.2) is 0 Å². The van der Waals surface area contributed by atoms with Gasteiger partial charge in [0.1, 0.15) is 0 Å². The molecule has 1 aromatic rings. The number of piperazine rings is 1. The summed E-state index contributed by atoms with van der Waals surface area (Å²) in [4.78, 5) is 15.4. The van der Waals surface area contributed by atoms with Gasteiger partial charge >= 0.3 is 6.18 Å². The molecule has 1 aliphatic rings. The smallest absolute Gasteiger partial charge is 0.340 e. The molecule has 5 nitrogen and oxygen atoms in total. The summed E-state index contributed by atoms with van der Waals surface area (Å²) in [6.07, 6.45) is -3.84. The topological polar surface area (TPSA) is 52.2 Å². The van der Waals surface area contributed by atoms with Crippen molar-refractivity contribution in [2.45, 2.75) is 39.3 Å². The minimum atomic E-state index is -4.18. The first-order valence-electron chi connectivity index (χ1n) is 7.75. The predicted molar refractivity (Wildman–Crippen MR) is 80.2 cm³/mol. The van der Waals surface area contributed by atoms with Crippen LogP contribution in [-0.4, -0.2) is 64.8 Å². The third-order valence-corrected chi connectivity index (χ3v) is 4.29. The number of aromatic amines is 1. The van der Waals surface area contributed by atoms with Crippen LogP contribution in [0.25, 0.3) is 0 Å². The number of rotatable bonds is 4. The van der Waals surface area contributed by atoms with E-state index in [1.54, 1.807) is 4.90 Å². The summed E-state index contributed by atoms with van der Waals surface area (Å²) in [5, 5.41) is 7.05. The number of nitrogens with zero attached hydrogens (tertiary/aromatic N) is 3. The summed E-state index contributed by atoms with van der Waals surface area (Å²) in [5.74, 6) is 0.0265. The average molecular weight is 332 g/mol. The second-order valence-corrected chi connectivity index (χ2v) is 6.22. The highest BCUT2D eigenvalue weighted by molar-refractivity contribution is 5.77. The molecule has 1 unspecified atom stereocenters. The molecule has 1 aromatic heterocycles. The van der Waals surface area contributed by atoms with E-state index in [0.717, 1.165) is 17.0 Å². The Morgan fingerprint density at radius 3 is 2.35 bits per heavy atom. The molecular weight excluding hydrogens is 309 g/mol. The number of H-pyrrole nitrogens is 1. The van der Waals surface area contributed by atoms with Crippen LogP contribution in [0.15, 0.2) is 0 Å². The number of aromatic nitrogens is 2. The fourth-order valence-corrected chi connectivity index (χ4v) is 3.19. The van der Waals surface area contributed by atoms with Crippen molar-refractivity contribution >= 4 is 5.91 Å². The first-order chi connectivity index (χ1) is 10.7. The van der Waals surface area contributed by atoms with Crippen LogP contribution in [0.2, 0.25) is 0 Å². The summed E-state index contributed by atoms with van der Waals surface area (Å²) in [6, 6.07) is 0. The Hall–Kier alpha value is -1.57. The molecule has 1 fully saturated rings. The maximum atomic E-state index is 12.4. The molecule has 0 saturated carbocycles. The second-order valence-electron chi connectivity index (χ2n) is 6.22. The van der Waals surface area contributed by atoms with E-state index in [0.29, 0.717) is 19.5 Å². The van der Waals surface area contributed by atoms with Gasteiger partial charge in [0.25, 0.3) is 0 Å². The molecule has 2 heterocycles. The number of alkyl halides is 3. The van der Waals surface area contributed by atoms with Crippen LogP contribution in [0.3, 0.4) is 0 Å². The molecule has 0 bridgehead atoms. The van der Waals surface area contributed by atoms with E-state index in [1.165, 1.54) is 4.90 Å². The van der Waals surface area contributed by atoms with Crippen LogP contribution >= 0.6 is 0 Å². The molecule has 1 aliphatic heterocycles. The first kappa shape index (κ1) is 17.8. The molecule has 2 rings (SSSR count). The Bertz CT molecular complexity index is 528. The van der Waals surface area contributed by atoms with Crippen LogP contribution < -0.4 is 0 Å². The average Bonchev–Trinajstić information content (AvgIpc) is 2.77. The van der Waals surface area contributed by atoms with Crippen LogP contribution in [0.1, 0.15) is 36.2 Å². The van der Waals surface area contributed by atoms with E-state index >= 15 is 0 Å². The summed E-state index contributed by atoms with van der Waals surface area (Å²) in [6.45, 7) is 6.13. The summed E-state index contributed by atoms with van der Waals surface area (Å²) in [7, 11) is 0. The fourth-order valence-electron chi connectivity index (χ4n) is 3.19. The number of hydrogen-bond acceptors (Lipinski definition) is 3. The zero-order valence-electron chi connectivity index (χ0n) is 13.7. The summed E-state index contributed by atoms with van der Waals surface area (Å²) >= 11 is 0. The first-order valence-corrected chi connectivity index (χ1v) is 7.75. The van der Waals surface area contributed by atoms with Gasteiger partial charge < -0.3 is 4.90 Å². The maximum absolute atomic E-state index is 12.4. The van der Waals surface area contributed by atoms with E-state index in [-0.39, 0.29) is 24.9 Å². The van der Waals surface area contributed by atoms with Crippen molar-refractivity contribution in [1.82, 2.24) is 20.0 Å². The van der Waals surface area contributed by atoms with Gasteiger partial charge in [0, 0.05) is 38.3 Å². The van der Waals surface area contributed by atoms with Gasteiger partial charge in [-0.15, -0.1) is 0 Å². The van der Waals surface area contributed by atoms with Gasteiger partial charge in [-0.05, 0) is 25.3 Å². The summed E-state index contributed by atoms with van der Waals surface area (Å²) < 4.78 is 37.1. The number of carbonyl (C=O) groups excluding carboxylic acids is 1. The Morgan fingerprint density at radius 2 is 1.87 bits per heavy atom. The Kier molecular flexibility index (Phi) is 5.33. The van der Waals surface area contributed by atoms with E-state index in [1.807, 2.05) is 20.8 Å². The minimum Gasteiger partial charge on any atom is -0.340 e. The molecule has 1 amide bonds. The van der Waals surface area contributed by atoms with Crippen molar-refractivity contribution in [3.8, 4) is 0 Å². The van der Waals surface area contributed by atoms with Gasteiger partial charge in [0.2, 0.25) is 5.91 Å². The summed E-state index contributed by atoms with van der Waals surface area (Å²) in [5.41, 5.74) is 2.89. The molecular formula is C15H23F3N4O. The van der Waals surface area contributed by atoms with Crippen LogP contribution in [-0.2, 0) is 4.79 Å². The standard InChI is InChI=1S/C15H23F3N4O/c1-10(14-11(2)19-20-12(14)3)8-13(23)22-6-4-21(5-7-22)9-15(16,17)18/h10H,4-9H2,1-3H3,(H,19,20). The lowest BCUT2D eigenvalue weighted by molar-refractivity contribution is -0.151. The zero-order valence-corrected chi connectivity index (χ0v) is 13.7. The van der Waals surface area contributed by atoms with Crippen molar-refractivity contribution in [1.29, 1.82) is 0 Å². The number of carbonyl (C=O) groups is 1. The Labute approximate surface area is 133 Å². The van der Waals surface area contributed by atoms with E-state index in [2.05, 4.69) is 10.2 Å². The van der Waals surface area contributed by atoms with Gasteiger partial charge in [0.05, 0.1) is 12.2 Å². The molecule has 1 N–H and O–H groups in total. The lowest BCUT2D eigenvalue weighted by Gasteiger charge is -2.35. The van der Waals surface area contributed by atoms with Gasteiger partial charge in [-0.2, -0.15) is 18.3 Å². The van der Waals surface area contributed by atoms with Crippen molar-refractivity contribution in [2.24, 2.45) is 0 Å². The molecule has 0 spiro atoms. The second kappa shape index (κ2) is 6.90. The lowest BCUT2D eigenvalue weighted by atomic mass is 9.95. The Balaban J connectivity index is 1.86. The normalized spacial score (nSPS) is 18.3. The molecule has 23 heavy (non-hydrogen) atoms. The minimum absolute atomic E-state index is 0.0100. The van der Waals surface area contributed by atoms with E-state index in [9.17, 15) is 18.0 Å². The quantitative estimate of drug-likeness (QED) is 0.920. The van der Waals surface area contributed by atoms with Crippen LogP contribution in [0.4, 0.5) is 13.2 Å². The number of aryl methyl sites for hydroxylation is 2. The number of nitrogens with one attached hydrogen (secondary N) is 1. The molecule has 1 saturated heterocycles. The van der Waals surface area contributed by atoms with E-state index in [4.69, 9.17) is 0 Å². The van der Waals surface area contributed by atoms with Gasteiger partial charge in [0.15, 0.2) is 0 Å². The molecule has 8 heteroatoms. The Morgan fingerprint density at radius 1 is 1.26 bits per heavy atom. The zero-order chi connectivity index (χ0) is 17.2. The van der Waals surface area contributed by atoms with Crippen molar-refractivity contribution < 1.29 is 18.0 Å². The van der Waals surface area contributed by atoms with Crippen LogP contribution in [0.5, 0.6) is 0 Å². The predicted octanol–water partition coefficient (Wildman–Crippen LogP) is 2.23. The van der Waals surface area contributed by atoms with Crippen molar-refractivity contribution in [3.63, 3.8) is 0 Å². The molecule has 0 radical (unpaired) electrons. The number of halogens is 3. The highest BCUT2D eigenvalue weighted by atomic mass is 19.4. The third kappa shape index (κ3) is 4.70. The highest BCUT2D eigenvalue weighted by Crippen LogP contribution is 2.25. The van der Waals surface area contributed by atoms with Gasteiger partial charge in [-0.3, -0.25) is 14.8 Å². The molecule has 1 atom stereocenters.